The molecule has 0 saturated carbocycles. The van der Waals surface area contributed by atoms with Gasteiger partial charge in [-0.3, -0.25) is 4.55 Å². The van der Waals surface area contributed by atoms with Gasteiger partial charge in [0.15, 0.2) is 5.75 Å². The predicted molar refractivity (Wildman–Crippen MR) is 99.2 cm³/mol. The second kappa shape index (κ2) is 8.40. The van der Waals surface area contributed by atoms with Crippen LogP contribution in [0.2, 0.25) is 0 Å². The summed E-state index contributed by atoms with van der Waals surface area (Å²) < 4.78 is 77.2. The molecule has 1 aromatic carbocycles. The van der Waals surface area contributed by atoms with Gasteiger partial charge in [-0.05, 0) is 37.0 Å². The lowest BCUT2D eigenvalue weighted by molar-refractivity contribution is -0.147. The number of ether oxygens (including phenoxy) is 1. The normalized spacial score (nSPS) is 16.0. The van der Waals surface area contributed by atoms with Gasteiger partial charge in [-0.25, -0.2) is 14.8 Å². The fraction of sp³-hybridized carbons (Fsp3) is 0.529. The number of anilines is 1. The van der Waals surface area contributed by atoms with E-state index in [1.807, 2.05) is 0 Å². The zero-order chi connectivity index (χ0) is 22.1. The van der Waals surface area contributed by atoms with E-state index >= 15 is 0 Å². The van der Waals surface area contributed by atoms with Gasteiger partial charge in [-0.15, -0.1) is 0 Å². The maximum atomic E-state index is 13.6. The molecule has 30 heavy (non-hydrogen) atoms. The topological polar surface area (TPSA) is 111 Å². The zero-order valence-corrected chi connectivity index (χ0v) is 16.7. The van der Waals surface area contributed by atoms with E-state index in [1.165, 1.54) is 25.2 Å². The number of nitrogens with zero attached hydrogens (tertiary/aromatic N) is 3. The van der Waals surface area contributed by atoms with Gasteiger partial charge >= 0.3 is 12.1 Å². The van der Waals surface area contributed by atoms with Crippen molar-refractivity contribution < 1.29 is 40.5 Å². The molecule has 1 aliphatic rings. The number of aromatic nitrogens is 2. The van der Waals surface area contributed by atoms with Crippen molar-refractivity contribution in [3.05, 3.63) is 24.0 Å². The SMILES string of the molecule is CN(OC(=O)CS(=O)(=O)O)c1ccc2c(c1)nc(C(F)(F)F)n2CC1CCOCC1. The summed E-state index contributed by atoms with van der Waals surface area (Å²) in [6.45, 7) is 1.15. The number of carbonyl (C=O) groups excluding carboxylic acids is 1. The number of rotatable bonds is 6. The van der Waals surface area contributed by atoms with Gasteiger partial charge in [-0.2, -0.15) is 21.6 Å². The number of imidazole rings is 1. The summed E-state index contributed by atoms with van der Waals surface area (Å²) in [4.78, 5) is 20.0. The van der Waals surface area contributed by atoms with E-state index in [1.54, 1.807) is 0 Å². The van der Waals surface area contributed by atoms with Gasteiger partial charge in [0, 0.05) is 26.8 Å². The maximum absolute atomic E-state index is 13.6. The minimum atomic E-state index is -4.65. The largest absolute Gasteiger partial charge is 0.449 e. The summed E-state index contributed by atoms with van der Waals surface area (Å²) in [7, 11) is -3.30. The van der Waals surface area contributed by atoms with Crippen LogP contribution in [0.25, 0.3) is 11.0 Å². The monoisotopic (exact) mass is 451 g/mol. The van der Waals surface area contributed by atoms with Gasteiger partial charge in [0.1, 0.15) is 0 Å². The number of benzene rings is 1. The highest BCUT2D eigenvalue weighted by atomic mass is 32.2. The molecular formula is C17H20F3N3O6S. The smallest absolute Gasteiger partial charge is 0.381 e. The first kappa shape index (κ1) is 22.3. The highest BCUT2D eigenvalue weighted by Crippen LogP contribution is 2.34. The molecular weight excluding hydrogens is 431 g/mol. The van der Waals surface area contributed by atoms with Crippen molar-refractivity contribution in [1.29, 1.82) is 0 Å². The van der Waals surface area contributed by atoms with Crippen molar-refractivity contribution in [2.45, 2.75) is 25.6 Å². The molecule has 0 atom stereocenters. The van der Waals surface area contributed by atoms with Crippen LogP contribution in [0.1, 0.15) is 18.7 Å². The van der Waals surface area contributed by atoms with Crippen LogP contribution in [0.5, 0.6) is 0 Å². The Hall–Kier alpha value is -2.38. The molecule has 0 unspecified atom stereocenters. The molecule has 0 aliphatic carbocycles. The Morgan fingerprint density at radius 1 is 1.37 bits per heavy atom. The number of hydrogen-bond acceptors (Lipinski definition) is 7. The highest BCUT2D eigenvalue weighted by molar-refractivity contribution is 7.86. The Bertz CT molecular complexity index is 1030. The molecule has 0 spiro atoms. The highest BCUT2D eigenvalue weighted by Gasteiger charge is 2.38. The minimum Gasteiger partial charge on any atom is -0.381 e. The lowest BCUT2D eigenvalue weighted by Gasteiger charge is -2.24. The fourth-order valence-corrected chi connectivity index (χ4v) is 3.63. The summed E-state index contributed by atoms with van der Waals surface area (Å²) in [5.41, 5.74) is 0.496. The molecule has 0 amide bonds. The van der Waals surface area contributed by atoms with Crippen molar-refractivity contribution in [3.8, 4) is 0 Å². The Kier molecular flexibility index (Phi) is 6.24. The van der Waals surface area contributed by atoms with Crippen molar-refractivity contribution in [2.24, 2.45) is 5.92 Å². The van der Waals surface area contributed by atoms with Crippen molar-refractivity contribution in [1.82, 2.24) is 9.55 Å². The Morgan fingerprint density at radius 3 is 2.63 bits per heavy atom. The summed E-state index contributed by atoms with van der Waals surface area (Å²) in [6, 6.07) is 4.15. The fourth-order valence-electron chi connectivity index (χ4n) is 3.28. The summed E-state index contributed by atoms with van der Waals surface area (Å²) >= 11 is 0. The quantitative estimate of drug-likeness (QED) is 0.526. The molecule has 2 heterocycles. The molecule has 1 fully saturated rings. The maximum Gasteiger partial charge on any atom is 0.449 e. The van der Waals surface area contributed by atoms with E-state index in [-0.39, 0.29) is 29.2 Å². The van der Waals surface area contributed by atoms with E-state index in [0.717, 1.165) is 9.63 Å². The van der Waals surface area contributed by atoms with Crippen LogP contribution < -0.4 is 5.06 Å². The number of carbonyl (C=O) groups is 1. The number of hydroxylamine groups is 1. The van der Waals surface area contributed by atoms with E-state index in [9.17, 15) is 26.4 Å². The van der Waals surface area contributed by atoms with Crippen LogP contribution in [0.3, 0.4) is 0 Å². The number of halogens is 3. The van der Waals surface area contributed by atoms with E-state index in [4.69, 9.17) is 14.1 Å². The molecule has 0 radical (unpaired) electrons. The van der Waals surface area contributed by atoms with E-state index in [2.05, 4.69) is 4.98 Å². The number of hydrogen-bond donors (Lipinski definition) is 1. The number of fused-ring (bicyclic) bond motifs is 1. The first-order valence-corrected chi connectivity index (χ1v) is 10.6. The predicted octanol–water partition coefficient (Wildman–Crippen LogP) is 2.26. The van der Waals surface area contributed by atoms with Gasteiger partial charge in [0.25, 0.3) is 10.1 Å². The van der Waals surface area contributed by atoms with Crippen LogP contribution in [-0.2, 0) is 37.2 Å². The lowest BCUT2D eigenvalue weighted by Crippen LogP contribution is -2.27. The lowest BCUT2D eigenvalue weighted by atomic mass is 10.0. The van der Waals surface area contributed by atoms with Gasteiger partial charge in [0.2, 0.25) is 5.82 Å². The molecule has 1 aromatic heterocycles. The first-order chi connectivity index (χ1) is 13.9. The Balaban J connectivity index is 1.89. The molecule has 1 N–H and O–H groups in total. The average Bonchev–Trinajstić information content (AvgIpc) is 2.99. The summed E-state index contributed by atoms with van der Waals surface area (Å²) in [5.74, 6) is -3.49. The third-order valence-electron chi connectivity index (χ3n) is 4.67. The molecule has 1 saturated heterocycles. The van der Waals surface area contributed by atoms with Gasteiger partial charge < -0.3 is 14.1 Å². The minimum absolute atomic E-state index is 0.0287. The van der Waals surface area contributed by atoms with Gasteiger partial charge in [0.05, 0.1) is 16.7 Å². The van der Waals surface area contributed by atoms with Crippen LogP contribution in [0, 0.1) is 5.92 Å². The first-order valence-electron chi connectivity index (χ1n) is 8.99. The summed E-state index contributed by atoms with van der Waals surface area (Å²) in [6.07, 6.45) is -3.35. The third-order valence-corrected chi connectivity index (χ3v) is 5.27. The van der Waals surface area contributed by atoms with E-state index < -0.39 is 33.8 Å². The molecule has 2 aromatic rings. The Morgan fingerprint density at radius 2 is 2.03 bits per heavy atom. The van der Waals surface area contributed by atoms with Crippen LogP contribution in [0.4, 0.5) is 18.9 Å². The van der Waals surface area contributed by atoms with Crippen LogP contribution >= 0.6 is 0 Å². The Labute approximate surface area is 170 Å². The molecule has 9 nitrogen and oxygen atoms in total. The van der Waals surface area contributed by atoms with Crippen molar-refractivity contribution in [2.75, 3.05) is 31.1 Å². The van der Waals surface area contributed by atoms with Crippen LogP contribution in [0.15, 0.2) is 18.2 Å². The van der Waals surface area contributed by atoms with Crippen LogP contribution in [-0.4, -0.2) is 54.5 Å². The molecule has 166 valence electrons. The molecule has 1 aliphatic heterocycles. The summed E-state index contributed by atoms with van der Waals surface area (Å²) in [5, 5.41) is 0.887. The molecule has 0 bridgehead atoms. The third kappa shape index (κ3) is 5.40. The molecule has 13 heteroatoms. The zero-order valence-electron chi connectivity index (χ0n) is 15.9. The standard InChI is InChI=1S/C17H20F3N3O6S/c1-22(29-15(24)10-30(25,26)27)12-2-3-14-13(8-12)21-16(17(18,19)20)23(14)9-11-4-6-28-7-5-11/h2-3,8,11H,4-7,9-10H2,1H3,(H,25,26,27). The second-order valence-electron chi connectivity index (χ2n) is 6.96. The van der Waals surface area contributed by atoms with Crippen molar-refractivity contribution in [3.63, 3.8) is 0 Å². The molecule has 3 rings (SSSR count). The average molecular weight is 451 g/mol. The van der Waals surface area contributed by atoms with Crippen molar-refractivity contribution >= 4 is 32.8 Å². The second-order valence-corrected chi connectivity index (χ2v) is 8.41. The number of alkyl halides is 3. The van der Waals surface area contributed by atoms with Gasteiger partial charge in [-0.1, -0.05) is 0 Å². The van der Waals surface area contributed by atoms with E-state index in [0.29, 0.717) is 26.1 Å².